The van der Waals surface area contributed by atoms with Crippen LogP contribution in [0.15, 0.2) is 71.9 Å². The first kappa shape index (κ1) is 30.5. The first-order valence-electron chi connectivity index (χ1n) is 14.9. The maximum Gasteiger partial charge on any atom is 0.351 e. The molecule has 3 atom stereocenters. The van der Waals surface area contributed by atoms with Gasteiger partial charge in [0.25, 0.3) is 0 Å². The van der Waals surface area contributed by atoms with Crippen LogP contribution in [0, 0.1) is 0 Å². The van der Waals surface area contributed by atoms with Crippen molar-refractivity contribution in [3.8, 4) is 11.6 Å². The average molecular weight is 640 g/mol. The summed E-state index contributed by atoms with van der Waals surface area (Å²) in [5.41, 5.74) is 2.75. The molecule has 0 N–H and O–H groups in total. The van der Waals surface area contributed by atoms with Crippen molar-refractivity contribution in [1.82, 2.24) is 19.3 Å². The third-order valence-corrected chi connectivity index (χ3v) is 8.87. The van der Waals surface area contributed by atoms with E-state index in [0.29, 0.717) is 29.1 Å². The van der Waals surface area contributed by atoms with E-state index >= 15 is 0 Å². The number of anilines is 2. The minimum absolute atomic E-state index is 0.0447. The lowest BCUT2D eigenvalue weighted by molar-refractivity contribution is -0.164. The van der Waals surface area contributed by atoms with Crippen LogP contribution in [0.3, 0.4) is 0 Å². The summed E-state index contributed by atoms with van der Waals surface area (Å²) >= 11 is 12.4. The first-order valence-corrected chi connectivity index (χ1v) is 15.6. The Balaban J connectivity index is 0.991. The Morgan fingerprint density at radius 2 is 1.73 bits per heavy atom. The monoisotopic (exact) mass is 638 g/mol. The summed E-state index contributed by atoms with van der Waals surface area (Å²) in [6, 6.07) is 17.4. The highest BCUT2D eigenvalue weighted by Crippen LogP contribution is 2.38. The van der Waals surface area contributed by atoms with E-state index in [-0.39, 0.29) is 17.8 Å². The number of nitrogens with zero attached hydrogens (tertiary/aromatic N) is 6. The smallest absolute Gasteiger partial charge is 0.351 e. The van der Waals surface area contributed by atoms with Crippen molar-refractivity contribution in [2.75, 3.05) is 49.2 Å². The first-order chi connectivity index (χ1) is 21.2. The molecule has 0 amide bonds. The number of piperazine rings is 1. The van der Waals surface area contributed by atoms with Crippen LogP contribution < -0.4 is 20.2 Å². The second-order valence-electron chi connectivity index (χ2n) is 11.3. The summed E-state index contributed by atoms with van der Waals surface area (Å²) in [6.45, 7) is 10.1. The normalized spacial score (nSPS) is 21.1. The highest BCUT2D eigenvalue weighted by Gasteiger charge is 2.40. The Morgan fingerprint density at radius 1 is 1.02 bits per heavy atom. The molecule has 3 unspecified atom stereocenters. The fourth-order valence-corrected chi connectivity index (χ4v) is 6.12. The van der Waals surface area contributed by atoms with Gasteiger partial charge in [-0.2, -0.15) is 5.10 Å². The van der Waals surface area contributed by atoms with Crippen LogP contribution in [-0.2, 0) is 15.3 Å². The predicted molar refractivity (Wildman–Crippen MR) is 172 cm³/mol. The van der Waals surface area contributed by atoms with Gasteiger partial charge < -0.3 is 24.0 Å². The van der Waals surface area contributed by atoms with Crippen LogP contribution >= 0.6 is 23.2 Å². The Bertz CT molecular complexity index is 1640. The third-order valence-electron chi connectivity index (χ3n) is 8.32. The molecule has 10 nitrogen and oxygen atoms in total. The second-order valence-corrected chi connectivity index (χ2v) is 12.1. The van der Waals surface area contributed by atoms with Crippen LogP contribution in [-0.4, -0.2) is 64.8 Å². The van der Waals surface area contributed by atoms with Gasteiger partial charge in [-0.1, -0.05) is 36.2 Å². The molecule has 4 heterocycles. The lowest BCUT2D eigenvalue weighted by Crippen LogP contribution is -2.46. The molecule has 2 saturated heterocycles. The summed E-state index contributed by atoms with van der Waals surface area (Å²) in [4.78, 5) is 21.9. The van der Waals surface area contributed by atoms with E-state index in [9.17, 15) is 4.79 Å². The Kier molecular flexibility index (Phi) is 8.87. The van der Waals surface area contributed by atoms with Crippen molar-refractivity contribution >= 4 is 34.6 Å². The number of ether oxygens (including phenoxy) is 3. The molecule has 0 radical (unpaired) electrons. The highest BCUT2D eigenvalue weighted by atomic mass is 35.5. The summed E-state index contributed by atoms with van der Waals surface area (Å²) in [5.74, 6) is 0.395. The molecule has 6 rings (SSSR count). The topological polar surface area (TPSA) is 86.9 Å². The number of benzene rings is 2. The van der Waals surface area contributed by atoms with Gasteiger partial charge in [-0.3, -0.25) is 0 Å². The lowest BCUT2D eigenvalue weighted by Gasteiger charge is -2.37. The van der Waals surface area contributed by atoms with Gasteiger partial charge >= 0.3 is 5.69 Å². The number of hydrogen-bond donors (Lipinski definition) is 0. The molecule has 2 fully saturated rings. The van der Waals surface area contributed by atoms with Gasteiger partial charge in [0.15, 0.2) is 5.79 Å². The molecule has 2 aliphatic rings. The van der Waals surface area contributed by atoms with Crippen LogP contribution in [0.5, 0.6) is 5.75 Å². The zero-order chi connectivity index (χ0) is 30.8. The fourth-order valence-electron chi connectivity index (χ4n) is 5.54. The van der Waals surface area contributed by atoms with Gasteiger partial charge in [0.05, 0.1) is 29.6 Å². The minimum Gasteiger partial charge on any atom is -0.491 e. The fraction of sp³-hybridized carbons (Fsp3) is 0.406. The van der Waals surface area contributed by atoms with Gasteiger partial charge in [-0.15, -0.1) is 0 Å². The molecule has 0 bridgehead atoms. The predicted octanol–water partition coefficient (Wildman–Crippen LogP) is 5.70. The molecule has 0 spiro atoms. The Hall–Kier alpha value is -3.57. The largest absolute Gasteiger partial charge is 0.491 e. The van der Waals surface area contributed by atoms with Crippen molar-refractivity contribution in [3.05, 3.63) is 93.2 Å². The Labute approximate surface area is 266 Å². The third kappa shape index (κ3) is 6.30. The summed E-state index contributed by atoms with van der Waals surface area (Å²) < 4.78 is 21.2. The highest BCUT2D eigenvalue weighted by molar-refractivity contribution is 6.35. The number of rotatable bonds is 9. The molecule has 44 heavy (non-hydrogen) atoms. The summed E-state index contributed by atoms with van der Waals surface area (Å²) in [7, 11) is 0. The van der Waals surface area contributed by atoms with Crippen LogP contribution in [0.4, 0.5) is 11.4 Å². The quantitative estimate of drug-likeness (QED) is 0.231. The Morgan fingerprint density at radius 3 is 2.39 bits per heavy atom. The molecule has 232 valence electrons. The van der Waals surface area contributed by atoms with E-state index < -0.39 is 5.79 Å². The average Bonchev–Trinajstić information content (AvgIpc) is 3.62. The molecule has 2 aliphatic heterocycles. The zero-order valence-corrected chi connectivity index (χ0v) is 26.5. The lowest BCUT2D eigenvalue weighted by atomic mass is 10.1. The maximum atomic E-state index is 12.7. The molecule has 0 aliphatic carbocycles. The van der Waals surface area contributed by atoms with Gasteiger partial charge in [0.1, 0.15) is 30.6 Å². The van der Waals surface area contributed by atoms with E-state index in [1.54, 1.807) is 12.1 Å². The molecule has 12 heteroatoms. The number of hydrogen-bond acceptors (Lipinski definition) is 8. The van der Waals surface area contributed by atoms with Crippen molar-refractivity contribution in [2.24, 2.45) is 0 Å². The van der Waals surface area contributed by atoms with Crippen LogP contribution in [0.1, 0.15) is 38.8 Å². The van der Waals surface area contributed by atoms with Crippen molar-refractivity contribution in [2.45, 2.75) is 45.1 Å². The molecular weight excluding hydrogens is 603 g/mol. The van der Waals surface area contributed by atoms with E-state index in [2.05, 4.69) is 32.0 Å². The van der Waals surface area contributed by atoms with E-state index in [1.807, 2.05) is 57.3 Å². The van der Waals surface area contributed by atoms with E-state index in [4.69, 9.17) is 37.4 Å². The zero-order valence-electron chi connectivity index (χ0n) is 25.0. The minimum atomic E-state index is -0.948. The van der Waals surface area contributed by atoms with E-state index in [1.165, 1.54) is 15.6 Å². The second kappa shape index (κ2) is 12.8. The van der Waals surface area contributed by atoms with Crippen LogP contribution in [0.2, 0.25) is 10.0 Å². The SMILES string of the molecule is CCC(C)n1ncn(-c2ccc(N3CCN(c4ccc(OCC5COC(C)(c6ccc(Cl)cc6Cl)O5)cc4)CC3)cn2)c1=O. The molecule has 0 saturated carbocycles. The van der Waals surface area contributed by atoms with Crippen molar-refractivity contribution in [1.29, 1.82) is 0 Å². The maximum absolute atomic E-state index is 12.7. The number of halogens is 2. The van der Waals surface area contributed by atoms with Crippen molar-refractivity contribution < 1.29 is 14.2 Å². The van der Waals surface area contributed by atoms with E-state index in [0.717, 1.165) is 55.3 Å². The molecule has 4 aromatic rings. The standard InChI is InChI=1S/C32H36Cl2N6O4/c1-4-22(2)40-31(41)39(21-36-40)30-12-8-25(18-35-30)38-15-13-37(14-16-38)24-6-9-26(10-7-24)42-19-27-20-43-32(3,44-27)28-11-5-23(33)17-29(28)34/h5-12,17-18,21-22,27H,4,13-16,19-20H2,1-3H3. The van der Waals surface area contributed by atoms with Crippen LogP contribution in [0.25, 0.3) is 5.82 Å². The molecular formula is C32H36Cl2N6O4. The van der Waals surface area contributed by atoms with Gasteiger partial charge in [0.2, 0.25) is 0 Å². The van der Waals surface area contributed by atoms with Gasteiger partial charge in [-0.25, -0.2) is 19.0 Å². The van der Waals surface area contributed by atoms with Gasteiger partial charge in [-0.05, 0) is 68.8 Å². The van der Waals surface area contributed by atoms with Crippen molar-refractivity contribution in [3.63, 3.8) is 0 Å². The summed E-state index contributed by atoms with van der Waals surface area (Å²) in [6.07, 6.45) is 3.97. The number of aromatic nitrogens is 4. The molecule has 2 aromatic heterocycles. The molecule has 2 aromatic carbocycles. The van der Waals surface area contributed by atoms with Gasteiger partial charge in [0, 0.05) is 42.5 Å². The summed E-state index contributed by atoms with van der Waals surface area (Å²) in [5, 5.41) is 5.32. The number of pyridine rings is 1.